The molecule has 5 nitrogen and oxygen atoms in total. The molecule has 0 aromatic heterocycles. The number of rotatable bonds is 6. The van der Waals surface area contributed by atoms with E-state index in [4.69, 9.17) is 18.9 Å². The summed E-state index contributed by atoms with van der Waals surface area (Å²) in [6, 6.07) is 33.6. The first-order chi connectivity index (χ1) is 19.6. The molecule has 5 aromatic carbocycles. The summed E-state index contributed by atoms with van der Waals surface area (Å²) in [6.45, 7) is 0. The van der Waals surface area contributed by atoms with Crippen LogP contribution in [0, 0.1) is 0 Å². The molecular weight excluding hydrogens is 500 g/mol. The zero-order valence-corrected chi connectivity index (χ0v) is 22.5. The van der Waals surface area contributed by atoms with Crippen LogP contribution in [-0.4, -0.2) is 27.3 Å². The lowest BCUT2D eigenvalue weighted by Gasteiger charge is -2.37. The van der Waals surface area contributed by atoms with Gasteiger partial charge in [0.2, 0.25) is 0 Å². The van der Waals surface area contributed by atoms with Gasteiger partial charge in [-0.1, -0.05) is 78.9 Å². The smallest absolute Gasteiger partial charge is 0.339 e. The molecule has 0 saturated carbocycles. The Balaban J connectivity index is 1.66. The SMILES string of the molecule is COC(=O)c1c2c(c3ccccc3c1-c1ccccc1)OC(c1ccc(OC)cc1)(c1ccc(OC)cc1)C=C2. The second kappa shape index (κ2) is 10.3. The van der Waals surface area contributed by atoms with E-state index >= 15 is 0 Å². The van der Waals surface area contributed by atoms with Gasteiger partial charge in [-0.15, -0.1) is 0 Å². The molecule has 1 heterocycles. The summed E-state index contributed by atoms with van der Waals surface area (Å²) in [6.07, 6.45) is 3.99. The second-order valence-corrected chi connectivity index (χ2v) is 9.52. The number of ether oxygens (including phenoxy) is 4. The van der Waals surface area contributed by atoms with Gasteiger partial charge in [0, 0.05) is 27.6 Å². The van der Waals surface area contributed by atoms with Crippen LogP contribution in [0.3, 0.4) is 0 Å². The first kappa shape index (κ1) is 25.3. The predicted molar refractivity (Wildman–Crippen MR) is 157 cm³/mol. The fourth-order valence-electron chi connectivity index (χ4n) is 5.46. The van der Waals surface area contributed by atoms with Gasteiger partial charge in [-0.05, 0) is 47.4 Å². The van der Waals surface area contributed by atoms with Gasteiger partial charge in [0.25, 0.3) is 0 Å². The molecule has 40 heavy (non-hydrogen) atoms. The molecule has 198 valence electrons. The van der Waals surface area contributed by atoms with Gasteiger partial charge in [0.15, 0.2) is 5.60 Å². The highest BCUT2D eigenvalue weighted by Gasteiger charge is 2.40. The Morgan fingerprint density at radius 3 is 1.77 bits per heavy atom. The zero-order valence-electron chi connectivity index (χ0n) is 22.5. The van der Waals surface area contributed by atoms with E-state index in [1.165, 1.54) is 7.11 Å². The fraction of sp³-hybridized carbons (Fsp3) is 0.114. The summed E-state index contributed by atoms with van der Waals surface area (Å²) in [7, 11) is 4.70. The van der Waals surface area contributed by atoms with E-state index in [2.05, 4.69) is 0 Å². The van der Waals surface area contributed by atoms with Crippen molar-refractivity contribution in [1.82, 2.24) is 0 Å². The molecule has 0 unspecified atom stereocenters. The van der Waals surface area contributed by atoms with Crippen LogP contribution < -0.4 is 14.2 Å². The predicted octanol–water partition coefficient (Wildman–Crippen LogP) is 7.66. The minimum absolute atomic E-state index is 0.421. The van der Waals surface area contributed by atoms with Crippen LogP contribution in [0.5, 0.6) is 17.2 Å². The zero-order chi connectivity index (χ0) is 27.7. The fourth-order valence-corrected chi connectivity index (χ4v) is 5.46. The lowest BCUT2D eigenvalue weighted by Crippen LogP contribution is -2.34. The van der Waals surface area contributed by atoms with Gasteiger partial charge in [-0.2, -0.15) is 0 Å². The van der Waals surface area contributed by atoms with Crippen molar-refractivity contribution in [3.05, 3.63) is 131 Å². The van der Waals surface area contributed by atoms with Crippen LogP contribution in [0.4, 0.5) is 0 Å². The number of benzene rings is 5. The van der Waals surface area contributed by atoms with Crippen LogP contribution in [-0.2, 0) is 10.3 Å². The van der Waals surface area contributed by atoms with Gasteiger partial charge >= 0.3 is 5.97 Å². The average Bonchev–Trinajstić information content (AvgIpc) is 3.04. The second-order valence-electron chi connectivity index (χ2n) is 9.52. The third-order valence-corrected chi connectivity index (χ3v) is 7.44. The van der Waals surface area contributed by atoms with Crippen molar-refractivity contribution < 1.29 is 23.7 Å². The number of carbonyl (C=O) groups excluding carboxylic acids is 1. The Morgan fingerprint density at radius 2 is 1.23 bits per heavy atom. The van der Waals surface area contributed by atoms with Crippen molar-refractivity contribution >= 4 is 22.8 Å². The number of esters is 1. The molecule has 5 heteroatoms. The molecule has 5 aromatic rings. The number of fused-ring (bicyclic) bond motifs is 3. The Morgan fingerprint density at radius 1 is 0.675 bits per heavy atom. The third-order valence-electron chi connectivity index (χ3n) is 7.44. The van der Waals surface area contributed by atoms with Crippen LogP contribution in [0.15, 0.2) is 109 Å². The maximum atomic E-state index is 13.4. The largest absolute Gasteiger partial charge is 0.497 e. The number of carbonyl (C=O) groups is 1. The number of hydrogen-bond donors (Lipinski definition) is 0. The van der Waals surface area contributed by atoms with Crippen LogP contribution in [0.2, 0.25) is 0 Å². The molecule has 0 fully saturated rings. The van der Waals surface area contributed by atoms with E-state index in [1.807, 2.05) is 115 Å². The molecule has 1 aliphatic rings. The maximum absolute atomic E-state index is 13.4. The van der Waals surface area contributed by atoms with Gasteiger partial charge < -0.3 is 18.9 Å². The highest BCUT2D eigenvalue weighted by Crippen LogP contribution is 2.49. The Labute approximate surface area is 233 Å². The maximum Gasteiger partial charge on any atom is 0.339 e. The number of methoxy groups -OCH3 is 3. The Bertz CT molecular complexity index is 1670. The van der Waals surface area contributed by atoms with Gasteiger partial charge in [0.05, 0.1) is 26.9 Å². The van der Waals surface area contributed by atoms with Gasteiger partial charge in [0.1, 0.15) is 17.2 Å². The highest BCUT2D eigenvalue weighted by atomic mass is 16.5. The van der Waals surface area contributed by atoms with E-state index in [9.17, 15) is 4.79 Å². The van der Waals surface area contributed by atoms with Crippen molar-refractivity contribution in [2.75, 3.05) is 21.3 Å². The topological polar surface area (TPSA) is 54.0 Å². The van der Waals surface area contributed by atoms with E-state index in [-0.39, 0.29) is 0 Å². The molecule has 0 saturated heterocycles. The molecule has 0 aliphatic carbocycles. The Kier molecular flexibility index (Phi) is 6.48. The third kappa shape index (κ3) is 4.07. The molecule has 0 bridgehead atoms. The quantitative estimate of drug-likeness (QED) is 0.212. The minimum Gasteiger partial charge on any atom is -0.497 e. The molecule has 1 aliphatic heterocycles. The summed E-state index contributed by atoms with van der Waals surface area (Å²) >= 11 is 0. The molecule has 0 N–H and O–H groups in total. The van der Waals surface area contributed by atoms with E-state index < -0.39 is 11.6 Å². The molecule has 0 atom stereocenters. The minimum atomic E-state index is -0.976. The lowest BCUT2D eigenvalue weighted by molar-refractivity contribution is 0.0600. The monoisotopic (exact) mass is 528 g/mol. The van der Waals surface area contributed by atoms with E-state index in [0.29, 0.717) is 16.9 Å². The van der Waals surface area contributed by atoms with Gasteiger partial charge in [-0.25, -0.2) is 4.79 Å². The highest BCUT2D eigenvalue weighted by molar-refractivity contribution is 6.14. The van der Waals surface area contributed by atoms with Crippen molar-refractivity contribution in [2.45, 2.75) is 5.60 Å². The van der Waals surface area contributed by atoms with E-state index in [1.54, 1.807) is 14.2 Å². The normalized spacial score (nSPS) is 13.3. The van der Waals surface area contributed by atoms with Crippen molar-refractivity contribution in [3.8, 4) is 28.4 Å². The van der Waals surface area contributed by atoms with Crippen LogP contribution in [0.25, 0.3) is 28.0 Å². The molecule has 0 radical (unpaired) electrons. The standard InChI is InChI=1S/C35H28O5/c1-37-26-17-13-24(14-18-26)35(25-15-19-27(38-2)20-16-25)22-21-30-32(34(36)39-3)31(23-9-5-4-6-10-23)28-11-7-8-12-29(28)33(30)40-35/h4-22H,1-3H3. The van der Waals surface area contributed by atoms with Gasteiger partial charge in [-0.3, -0.25) is 0 Å². The lowest BCUT2D eigenvalue weighted by atomic mass is 9.81. The molecule has 0 spiro atoms. The van der Waals surface area contributed by atoms with Crippen molar-refractivity contribution in [2.24, 2.45) is 0 Å². The first-order valence-electron chi connectivity index (χ1n) is 13.0. The summed E-state index contributed by atoms with van der Waals surface area (Å²) in [5, 5.41) is 1.81. The van der Waals surface area contributed by atoms with Crippen LogP contribution in [0.1, 0.15) is 27.0 Å². The van der Waals surface area contributed by atoms with Crippen molar-refractivity contribution in [3.63, 3.8) is 0 Å². The summed E-state index contributed by atoms with van der Waals surface area (Å²) < 4.78 is 23.3. The van der Waals surface area contributed by atoms with Crippen LogP contribution >= 0.6 is 0 Å². The van der Waals surface area contributed by atoms with E-state index in [0.717, 1.165) is 44.5 Å². The average molecular weight is 529 g/mol. The molecule has 6 rings (SSSR count). The Hall–Kier alpha value is -5.03. The summed E-state index contributed by atoms with van der Waals surface area (Å²) in [5.41, 5.74) is 3.75. The molecule has 0 amide bonds. The first-order valence-corrected chi connectivity index (χ1v) is 13.0. The summed E-state index contributed by atoms with van der Waals surface area (Å²) in [4.78, 5) is 13.4. The molecular formula is C35H28O5. The summed E-state index contributed by atoms with van der Waals surface area (Å²) in [5.74, 6) is 1.69. The number of hydrogen-bond acceptors (Lipinski definition) is 5. The van der Waals surface area contributed by atoms with Crippen molar-refractivity contribution in [1.29, 1.82) is 0 Å².